The van der Waals surface area contributed by atoms with Gasteiger partial charge < -0.3 is 25.2 Å². The van der Waals surface area contributed by atoms with Gasteiger partial charge in [0.25, 0.3) is 5.91 Å². The zero-order valence-corrected chi connectivity index (χ0v) is 24.6. The van der Waals surface area contributed by atoms with Crippen molar-refractivity contribution in [2.75, 3.05) is 36.5 Å². The number of alkyl halides is 1. The van der Waals surface area contributed by atoms with Crippen LogP contribution in [0.5, 0.6) is 0 Å². The molecule has 2 aromatic heterocycles. The lowest BCUT2D eigenvalue weighted by molar-refractivity contribution is 0.0731. The van der Waals surface area contributed by atoms with Crippen LogP contribution in [0, 0.1) is 0 Å². The van der Waals surface area contributed by atoms with E-state index in [1.165, 1.54) is 0 Å². The summed E-state index contributed by atoms with van der Waals surface area (Å²) >= 11 is 2.32. The standard InChI is InChI=1S/C29H32IN7O3/c1-19-18-40-15-14-37(19)26-23-9-13-36(27(38)21-4-2-12-31-16-21)17-24(23)33-25(34-26)20-5-7-22(8-6-20)32-28(39)35-29(30)10-3-11-29/h2,4-8,12,16,19H,3,9-11,13-15,17-18H2,1H3,(H2,32,35,39). The Morgan fingerprint density at radius 1 is 1.12 bits per heavy atom. The number of nitrogens with one attached hydrogen (secondary N) is 2. The fourth-order valence-corrected chi connectivity index (χ4v) is 6.35. The van der Waals surface area contributed by atoms with Gasteiger partial charge in [0.05, 0.1) is 40.6 Å². The number of morpholine rings is 1. The van der Waals surface area contributed by atoms with Gasteiger partial charge in [-0.05, 0) is 69.0 Å². The number of hydrogen-bond acceptors (Lipinski definition) is 7. The molecule has 2 aliphatic heterocycles. The van der Waals surface area contributed by atoms with E-state index in [4.69, 9.17) is 14.7 Å². The number of pyridine rings is 1. The van der Waals surface area contributed by atoms with Gasteiger partial charge in [-0.15, -0.1) is 0 Å². The number of carbonyl (C=O) groups excluding carboxylic acids is 2. The summed E-state index contributed by atoms with van der Waals surface area (Å²) in [5.74, 6) is 1.46. The smallest absolute Gasteiger partial charge is 0.320 e. The number of benzene rings is 1. The van der Waals surface area contributed by atoms with Crippen molar-refractivity contribution in [3.63, 3.8) is 0 Å². The predicted molar refractivity (Wildman–Crippen MR) is 161 cm³/mol. The van der Waals surface area contributed by atoms with Crippen LogP contribution in [-0.2, 0) is 17.7 Å². The maximum atomic E-state index is 13.2. The van der Waals surface area contributed by atoms with Crippen molar-refractivity contribution >= 4 is 46.0 Å². The van der Waals surface area contributed by atoms with E-state index in [0.717, 1.165) is 48.4 Å². The summed E-state index contributed by atoms with van der Waals surface area (Å²) in [5.41, 5.74) is 4.06. The highest BCUT2D eigenvalue weighted by Gasteiger charge is 2.35. The number of halogens is 1. The number of hydrogen-bond donors (Lipinski definition) is 2. The van der Waals surface area contributed by atoms with Gasteiger partial charge in [0, 0.05) is 42.3 Å². The molecule has 40 heavy (non-hydrogen) atoms. The van der Waals surface area contributed by atoms with E-state index in [0.29, 0.717) is 49.8 Å². The molecule has 2 fully saturated rings. The van der Waals surface area contributed by atoms with E-state index in [9.17, 15) is 9.59 Å². The minimum absolute atomic E-state index is 0.0518. The van der Waals surface area contributed by atoms with Crippen LogP contribution < -0.4 is 15.5 Å². The Labute approximate surface area is 247 Å². The maximum absolute atomic E-state index is 13.2. The van der Waals surface area contributed by atoms with Crippen molar-refractivity contribution in [1.29, 1.82) is 0 Å². The monoisotopic (exact) mass is 653 g/mol. The second kappa shape index (κ2) is 11.3. The van der Waals surface area contributed by atoms with Gasteiger partial charge in [-0.2, -0.15) is 0 Å². The number of aromatic nitrogens is 3. The van der Waals surface area contributed by atoms with Crippen LogP contribution in [0.2, 0.25) is 0 Å². The topological polar surface area (TPSA) is 113 Å². The first-order chi connectivity index (χ1) is 19.4. The van der Waals surface area contributed by atoms with Crippen molar-refractivity contribution in [2.24, 2.45) is 0 Å². The minimum Gasteiger partial charge on any atom is -0.377 e. The van der Waals surface area contributed by atoms with E-state index in [2.05, 4.69) is 50.0 Å². The number of fused-ring (bicyclic) bond motifs is 1. The van der Waals surface area contributed by atoms with Crippen molar-refractivity contribution in [3.8, 4) is 11.4 Å². The van der Waals surface area contributed by atoms with Crippen LogP contribution in [0.3, 0.4) is 0 Å². The third-order valence-corrected chi connectivity index (χ3v) is 9.11. The molecule has 1 saturated heterocycles. The van der Waals surface area contributed by atoms with Gasteiger partial charge >= 0.3 is 6.03 Å². The SMILES string of the molecule is CC1COCCN1c1nc(-c2ccc(NC(=O)NC3(I)CCC3)cc2)nc2c1CCN(C(=O)c1cccnc1)C2. The fraction of sp³-hybridized carbons (Fsp3) is 0.414. The van der Waals surface area contributed by atoms with Crippen LogP contribution in [0.1, 0.15) is 47.8 Å². The third-order valence-electron chi connectivity index (χ3n) is 7.76. The molecule has 3 aliphatic rings. The van der Waals surface area contributed by atoms with Crippen molar-refractivity contribution in [2.45, 2.75) is 48.7 Å². The zero-order chi connectivity index (χ0) is 27.7. The Morgan fingerprint density at radius 2 is 1.95 bits per heavy atom. The first kappa shape index (κ1) is 26.9. The molecule has 4 heterocycles. The summed E-state index contributed by atoms with van der Waals surface area (Å²) in [6.45, 7) is 5.17. The molecule has 1 aromatic carbocycles. The molecule has 1 saturated carbocycles. The molecule has 0 bridgehead atoms. The average molecular weight is 654 g/mol. The van der Waals surface area contributed by atoms with Gasteiger partial charge in [-0.25, -0.2) is 14.8 Å². The Bertz CT molecular complexity index is 1400. The number of urea groups is 1. The predicted octanol–water partition coefficient (Wildman–Crippen LogP) is 4.40. The second-order valence-corrected chi connectivity index (χ2v) is 12.7. The van der Waals surface area contributed by atoms with Gasteiger partial charge in [0.1, 0.15) is 5.82 Å². The van der Waals surface area contributed by atoms with Crippen LogP contribution in [0.25, 0.3) is 11.4 Å². The first-order valence-electron chi connectivity index (χ1n) is 13.7. The number of nitrogens with zero attached hydrogens (tertiary/aromatic N) is 5. The van der Waals surface area contributed by atoms with E-state index >= 15 is 0 Å². The van der Waals surface area contributed by atoms with Gasteiger partial charge in [-0.1, -0.05) is 22.6 Å². The lowest BCUT2D eigenvalue weighted by atomic mass is 9.93. The lowest BCUT2D eigenvalue weighted by Gasteiger charge is -2.37. The molecule has 2 N–H and O–H groups in total. The molecule has 1 atom stereocenters. The third kappa shape index (κ3) is 5.62. The first-order valence-corrected chi connectivity index (χ1v) is 14.8. The summed E-state index contributed by atoms with van der Waals surface area (Å²) < 4.78 is 5.55. The molecule has 10 nitrogen and oxygen atoms in total. The van der Waals surface area contributed by atoms with Gasteiger partial charge in [-0.3, -0.25) is 9.78 Å². The maximum Gasteiger partial charge on any atom is 0.320 e. The van der Waals surface area contributed by atoms with Crippen LogP contribution in [-0.4, -0.2) is 67.7 Å². The lowest BCUT2D eigenvalue weighted by Crippen LogP contribution is -2.49. The molecule has 1 aliphatic carbocycles. The van der Waals surface area contributed by atoms with Crippen LogP contribution in [0.4, 0.5) is 16.3 Å². The van der Waals surface area contributed by atoms with Gasteiger partial charge in [0.15, 0.2) is 5.82 Å². The zero-order valence-electron chi connectivity index (χ0n) is 22.4. The van der Waals surface area contributed by atoms with E-state index < -0.39 is 0 Å². The van der Waals surface area contributed by atoms with Crippen molar-refractivity contribution < 1.29 is 14.3 Å². The number of rotatable bonds is 5. The van der Waals surface area contributed by atoms with Crippen LogP contribution >= 0.6 is 22.6 Å². The summed E-state index contributed by atoms with van der Waals surface area (Å²) in [5, 5.41) is 5.99. The molecule has 208 valence electrons. The number of ether oxygens (including phenoxy) is 1. The summed E-state index contributed by atoms with van der Waals surface area (Å²) in [6, 6.07) is 11.1. The van der Waals surface area contributed by atoms with E-state index in [1.807, 2.05) is 29.2 Å². The van der Waals surface area contributed by atoms with Crippen molar-refractivity contribution in [3.05, 3.63) is 65.6 Å². The largest absolute Gasteiger partial charge is 0.377 e. The normalized spacial score (nSPS) is 19.8. The molecule has 1 unspecified atom stereocenters. The van der Waals surface area contributed by atoms with E-state index in [1.54, 1.807) is 24.5 Å². The highest BCUT2D eigenvalue weighted by molar-refractivity contribution is 14.1. The van der Waals surface area contributed by atoms with Gasteiger partial charge in [0.2, 0.25) is 0 Å². The quantitative estimate of drug-likeness (QED) is 0.239. The Hall–Kier alpha value is -3.32. The number of anilines is 2. The highest BCUT2D eigenvalue weighted by Crippen LogP contribution is 2.38. The molecular formula is C29H32IN7O3. The van der Waals surface area contributed by atoms with Crippen LogP contribution in [0.15, 0.2) is 48.8 Å². The Balaban J connectivity index is 1.28. The molecule has 3 aromatic rings. The average Bonchev–Trinajstić information content (AvgIpc) is 2.96. The summed E-state index contributed by atoms with van der Waals surface area (Å²) in [4.78, 5) is 44.0. The number of carbonyl (C=O) groups is 2. The minimum atomic E-state index is -0.200. The van der Waals surface area contributed by atoms with E-state index in [-0.39, 0.29) is 21.5 Å². The fourth-order valence-electron chi connectivity index (χ4n) is 5.34. The summed E-state index contributed by atoms with van der Waals surface area (Å²) in [6.07, 6.45) is 7.07. The van der Waals surface area contributed by atoms with Crippen molar-refractivity contribution in [1.82, 2.24) is 25.2 Å². The Kier molecular flexibility index (Phi) is 7.58. The molecular weight excluding hydrogens is 621 g/mol. The number of amides is 3. The second-order valence-electron chi connectivity index (χ2n) is 10.6. The molecule has 0 radical (unpaired) electrons. The summed E-state index contributed by atoms with van der Waals surface area (Å²) in [7, 11) is 0. The Morgan fingerprint density at radius 3 is 2.65 bits per heavy atom. The molecule has 3 amide bonds. The highest BCUT2D eigenvalue weighted by atomic mass is 127. The molecule has 11 heteroatoms. The molecule has 0 spiro atoms. The molecule has 6 rings (SSSR count).